The topological polar surface area (TPSA) is 54.0 Å². The van der Waals surface area contributed by atoms with Crippen LogP contribution < -0.4 is 10.6 Å². The molecule has 0 unspecified atom stereocenters. The van der Waals surface area contributed by atoms with Crippen molar-refractivity contribution >= 4 is 23.0 Å². The summed E-state index contributed by atoms with van der Waals surface area (Å²) in [5.74, 6) is -1.08. The highest BCUT2D eigenvalue weighted by Crippen LogP contribution is 2.17. The van der Waals surface area contributed by atoms with E-state index in [2.05, 4.69) is 15.6 Å². The zero-order valence-electron chi connectivity index (χ0n) is 12.5. The molecule has 6 heteroatoms. The van der Waals surface area contributed by atoms with Gasteiger partial charge >= 0.3 is 0 Å². The molecule has 0 radical (unpaired) electrons. The van der Waals surface area contributed by atoms with Gasteiger partial charge in [-0.2, -0.15) is 0 Å². The van der Waals surface area contributed by atoms with E-state index in [0.29, 0.717) is 17.1 Å². The summed E-state index contributed by atoms with van der Waals surface area (Å²) in [7, 11) is 0. The van der Waals surface area contributed by atoms with Gasteiger partial charge in [0.25, 0.3) is 5.91 Å². The van der Waals surface area contributed by atoms with Crippen LogP contribution in [0.3, 0.4) is 0 Å². The van der Waals surface area contributed by atoms with Gasteiger partial charge < -0.3 is 10.6 Å². The maximum atomic E-state index is 12.9. The minimum atomic E-state index is -0.394. The van der Waals surface area contributed by atoms with Crippen molar-refractivity contribution in [3.05, 3.63) is 84.2 Å². The largest absolute Gasteiger partial charge is 0.354 e. The summed E-state index contributed by atoms with van der Waals surface area (Å²) in [5.41, 5.74) is 2.09. The first kappa shape index (κ1) is 15.6. The van der Waals surface area contributed by atoms with Crippen molar-refractivity contribution in [3.8, 4) is 0 Å². The Morgan fingerprint density at radius 3 is 1.83 bits per heavy atom. The van der Waals surface area contributed by atoms with E-state index in [4.69, 9.17) is 0 Å². The standard InChI is InChI=1S/C18H13F2N3O/c19-12-1-5-14(6-2-12)22-16-9-10-17(21-11-16)18(24)23-15-7-3-13(20)4-8-15/h1-11,22H,(H,23,24). The molecule has 3 rings (SSSR count). The van der Waals surface area contributed by atoms with Crippen molar-refractivity contribution in [3.63, 3.8) is 0 Å². The molecule has 2 N–H and O–H groups in total. The number of hydrogen-bond donors (Lipinski definition) is 2. The first-order chi connectivity index (χ1) is 11.6. The lowest BCUT2D eigenvalue weighted by atomic mass is 10.2. The van der Waals surface area contributed by atoms with Gasteiger partial charge in [0.2, 0.25) is 0 Å². The van der Waals surface area contributed by atoms with Gasteiger partial charge in [0.1, 0.15) is 17.3 Å². The average Bonchev–Trinajstić information content (AvgIpc) is 2.59. The van der Waals surface area contributed by atoms with Gasteiger partial charge in [0.15, 0.2) is 0 Å². The van der Waals surface area contributed by atoms with Gasteiger partial charge in [-0.15, -0.1) is 0 Å². The number of nitrogens with zero attached hydrogens (tertiary/aromatic N) is 1. The molecule has 0 aliphatic rings. The number of anilines is 3. The smallest absolute Gasteiger partial charge is 0.274 e. The lowest BCUT2D eigenvalue weighted by molar-refractivity contribution is 0.102. The van der Waals surface area contributed by atoms with Crippen molar-refractivity contribution in [1.82, 2.24) is 4.98 Å². The van der Waals surface area contributed by atoms with Crippen LogP contribution >= 0.6 is 0 Å². The summed E-state index contributed by atoms with van der Waals surface area (Å²) in [6.07, 6.45) is 1.50. The molecule has 1 aromatic heterocycles. The number of nitrogens with one attached hydrogen (secondary N) is 2. The molecule has 24 heavy (non-hydrogen) atoms. The molecule has 120 valence electrons. The fourth-order valence-corrected chi connectivity index (χ4v) is 2.03. The highest BCUT2D eigenvalue weighted by molar-refractivity contribution is 6.02. The van der Waals surface area contributed by atoms with Crippen LogP contribution in [0.4, 0.5) is 25.8 Å². The van der Waals surface area contributed by atoms with Crippen LogP contribution in [0.5, 0.6) is 0 Å². The number of carbonyl (C=O) groups is 1. The maximum Gasteiger partial charge on any atom is 0.274 e. The van der Waals surface area contributed by atoms with Crippen molar-refractivity contribution in [2.45, 2.75) is 0 Å². The summed E-state index contributed by atoms with van der Waals surface area (Å²) in [4.78, 5) is 16.2. The van der Waals surface area contributed by atoms with Crippen molar-refractivity contribution in [2.24, 2.45) is 0 Å². The summed E-state index contributed by atoms with van der Waals surface area (Å²) < 4.78 is 25.7. The highest BCUT2D eigenvalue weighted by atomic mass is 19.1. The van der Waals surface area contributed by atoms with Crippen LogP contribution in [-0.2, 0) is 0 Å². The molecule has 1 heterocycles. The molecule has 0 saturated heterocycles. The minimum absolute atomic E-state index is 0.226. The van der Waals surface area contributed by atoms with Crippen LogP contribution in [0.1, 0.15) is 10.5 Å². The van der Waals surface area contributed by atoms with Crippen molar-refractivity contribution in [1.29, 1.82) is 0 Å². The quantitative estimate of drug-likeness (QED) is 0.749. The van der Waals surface area contributed by atoms with Crippen LogP contribution in [0.15, 0.2) is 66.9 Å². The summed E-state index contributed by atoms with van der Waals surface area (Å²) in [5, 5.41) is 5.68. The number of aromatic nitrogens is 1. The van der Waals surface area contributed by atoms with E-state index in [1.54, 1.807) is 24.3 Å². The summed E-state index contributed by atoms with van der Waals surface area (Å²) in [6, 6.07) is 14.6. The van der Waals surface area contributed by atoms with Crippen molar-refractivity contribution < 1.29 is 13.6 Å². The lowest BCUT2D eigenvalue weighted by Crippen LogP contribution is -2.13. The number of hydrogen-bond acceptors (Lipinski definition) is 3. The van der Waals surface area contributed by atoms with Crippen LogP contribution in [0.2, 0.25) is 0 Å². The van der Waals surface area contributed by atoms with Gasteiger partial charge in [-0.25, -0.2) is 13.8 Å². The molecule has 0 fully saturated rings. The Balaban J connectivity index is 1.66. The number of amides is 1. The number of halogens is 2. The van der Waals surface area contributed by atoms with E-state index >= 15 is 0 Å². The fraction of sp³-hybridized carbons (Fsp3) is 0. The van der Waals surface area contributed by atoms with E-state index in [9.17, 15) is 13.6 Å². The Bertz CT molecular complexity index is 832. The van der Waals surface area contributed by atoms with Gasteiger partial charge in [-0.05, 0) is 60.7 Å². The molecule has 0 aliphatic carbocycles. The second-order valence-electron chi connectivity index (χ2n) is 5.03. The zero-order chi connectivity index (χ0) is 16.9. The van der Waals surface area contributed by atoms with Crippen molar-refractivity contribution in [2.75, 3.05) is 10.6 Å². The molecule has 2 aromatic carbocycles. The van der Waals surface area contributed by atoms with E-state index in [0.717, 1.165) is 0 Å². The normalized spacial score (nSPS) is 10.2. The van der Waals surface area contributed by atoms with E-state index in [-0.39, 0.29) is 17.3 Å². The Morgan fingerprint density at radius 1 is 0.750 bits per heavy atom. The number of pyridine rings is 1. The minimum Gasteiger partial charge on any atom is -0.354 e. The molecule has 0 atom stereocenters. The van der Waals surface area contributed by atoms with Crippen LogP contribution in [-0.4, -0.2) is 10.9 Å². The van der Waals surface area contributed by atoms with Gasteiger partial charge in [-0.3, -0.25) is 4.79 Å². The summed E-state index contributed by atoms with van der Waals surface area (Å²) in [6.45, 7) is 0. The monoisotopic (exact) mass is 325 g/mol. The Labute approximate surface area is 137 Å². The maximum absolute atomic E-state index is 12.9. The highest BCUT2D eigenvalue weighted by Gasteiger charge is 2.08. The number of carbonyl (C=O) groups excluding carboxylic acids is 1. The van der Waals surface area contributed by atoms with Gasteiger partial charge in [0, 0.05) is 11.4 Å². The third kappa shape index (κ3) is 3.92. The molecule has 0 aliphatic heterocycles. The molecule has 0 spiro atoms. The zero-order valence-corrected chi connectivity index (χ0v) is 12.5. The van der Waals surface area contributed by atoms with Crippen LogP contribution in [0, 0.1) is 11.6 Å². The predicted molar refractivity (Wildman–Crippen MR) is 88.3 cm³/mol. The Morgan fingerprint density at radius 2 is 1.29 bits per heavy atom. The third-order valence-electron chi connectivity index (χ3n) is 3.23. The SMILES string of the molecule is O=C(Nc1ccc(F)cc1)c1ccc(Nc2ccc(F)cc2)cn1. The Kier molecular flexibility index (Phi) is 4.47. The molecular weight excluding hydrogens is 312 g/mol. The Hall–Kier alpha value is -3.28. The second-order valence-corrected chi connectivity index (χ2v) is 5.03. The molecule has 3 aromatic rings. The second kappa shape index (κ2) is 6.87. The predicted octanol–water partition coefficient (Wildman–Crippen LogP) is 4.36. The number of benzene rings is 2. The molecular formula is C18H13F2N3O. The lowest BCUT2D eigenvalue weighted by Gasteiger charge is -2.08. The summed E-state index contributed by atoms with van der Waals surface area (Å²) >= 11 is 0. The first-order valence-electron chi connectivity index (χ1n) is 7.16. The fourth-order valence-electron chi connectivity index (χ4n) is 2.03. The third-order valence-corrected chi connectivity index (χ3v) is 3.23. The molecule has 0 saturated carbocycles. The van der Waals surface area contributed by atoms with Gasteiger partial charge in [-0.1, -0.05) is 0 Å². The molecule has 4 nitrogen and oxygen atoms in total. The molecule has 0 bridgehead atoms. The van der Waals surface area contributed by atoms with E-state index in [1.165, 1.54) is 42.6 Å². The number of rotatable bonds is 4. The average molecular weight is 325 g/mol. The first-order valence-corrected chi connectivity index (χ1v) is 7.16. The van der Waals surface area contributed by atoms with Gasteiger partial charge in [0.05, 0.1) is 11.9 Å². The van der Waals surface area contributed by atoms with Crippen LogP contribution in [0.25, 0.3) is 0 Å². The van der Waals surface area contributed by atoms with E-state index < -0.39 is 5.91 Å². The molecule has 1 amide bonds. The van der Waals surface area contributed by atoms with E-state index in [1.807, 2.05) is 0 Å².